The van der Waals surface area contributed by atoms with Gasteiger partial charge in [0, 0.05) is 13.3 Å². The Balaban J connectivity index is 4.31. The van der Waals surface area contributed by atoms with E-state index in [1.54, 1.807) is 0 Å². The SMILES string of the molecule is C#CC(C=C)(CCCCC)OC(C)=O. The van der Waals surface area contributed by atoms with Crippen LogP contribution in [0.1, 0.15) is 39.5 Å². The molecule has 0 aliphatic carbocycles. The van der Waals surface area contributed by atoms with Crippen LogP contribution >= 0.6 is 0 Å². The van der Waals surface area contributed by atoms with Crippen LogP contribution in [0.5, 0.6) is 0 Å². The minimum Gasteiger partial charge on any atom is -0.442 e. The van der Waals surface area contributed by atoms with Crippen LogP contribution in [0.3, 0.4) is 0 Å². The summed E-state index contributed by atoms with van der Waals surface area (Å²) < 4.78 is 5.09. The van der Waals surface area contributed by atoms with Crippen LogP contribution in [0.4, 0.5) is 0 Å². The molecule has 0 saturated heterocycles. The van der Waals surface area contributed by atoms with Gasteiger partial charge in [-0.1, -0.05) is 32.3 Å². The molecule has 0 fully saturated rings. The van der Waals surface area contributed by atoms with E-state index in [1.165, 1.54) is 13.0 Å². The van der Waals surface area contributed by atoms with Gasteiger partial charge in [0.15, 0.2) is 5.60 Å². The molecule has 0 spiro atoms. The summed E-state index contributed by atoms with van der Waals surface area (Å²) in [5.41, 5.74) is -0.902. The van der Waals surface area contributed by atoms with E-state index in [9.17, 15) is 4.79 Å². The van der Waals surface area contributed by atoms with E-state index in [-0.39, 0.29) is 5.97 Å². The molecule has 0 aromatic rings. The summed E-state index contributed by atoms with van der Waals surface area (Å²) in [5.74, 6) is 2.13. The molecule has 0 aromatic carbocycles. The van der Waals surface area contributed by atoms with Gasteiger partial charge in [0.1, 0.15) is 0 Å². The maximum atomic E-state index is 10.8. The van der Waals surface area contributed by atoms with E-state index in [1.807, 2.05) is 0 Å². The molecular formula is C12H18O2. The summed E-state index contributed by atoms with van der Waals surface area (Å²) in [6.07, 6.45) is 10.7. The Bertz CT molecular complexity index is 237. The summed E-state index contributed by atoms with van der Waals surface area (Å²) in [6.45, 7) is 7.08. The van der Waals surface area contributed by atoms with Gasteiger partial charge in [-0.15, -0.1) is 6.42 Å². The van der Waals surface area contributed by atoms with Gasteiger partial charge in [-0.05, 0) is 12.5 Å². The molecule has 0 heterocycles. The van der Waals surface area contributed by atoms with Crippen molar-refractivity contribution >= 4 is 5.97 Å². The lowest BCUT2D eigenvalue weighted by atomic mass is 9.97. The van der Waals surface area contributed by atoms with E-state index in [0.717, 1.165) is 19.3 Å². The van der Waals surface area contributed by atoms with Gasteiger partial charge < -0.3 is 4.74 Å². The van der Waals surface area contributed by atoms with Crippen LogP contribution in [-0.4, -0.2) is 11.6 Å². The van der Waals surface area contributed by atoms with Crippen molar-refractivity contribution < 1.29 is 9.53 Å². The molecule has 0 radical (unpaired) electrons. The average Bonchev–Trinajstić information content (AvgIpc) is 2.16. The zero-order valence-corrected chi connectivity index (χ0v) is 9.01. The minimum absolute atomic E-state index is 0.362. The monoisotopic (exact) mass is 194 g/mol. The first-order valence-corrected chi connectivity index (χ1v) is 4.91. The highest BCUT2D eigenvalue weighted by Gasteiger charge is 2.26. The molecule has 0 bridgehead atoms. The van der Waals surface area contributed by atoms with Crippen molar-refractivity contribution in [2.75, 3.05) is 0 Å². The van der Waals surface area contributed by atoms with Crippen molar-refractivity contribution in [3.05, 3.63) is 12.7 Å². The predicted octanol–water partition coefficient (Wildman–Crippen LogP) is 2.69. The summed E-state index contributed by atoms with van der Waals surface area (Å²) in [4.78, 5) is 10.8. The Hall–Kier alpha value is -1.23. The normalized spacial score (nSPS) is 13.8. The number of terminal acetylenes is 1. The molecule has 14 heavy (non-hydrogen) atoms. The number of unbranched alkanes of at least 4 members (excludes halogenated alkanes) is 2. The van der Waals surface area contributed by atoms with E-state index in [0.29, 0.717) is 6.42 Å². The van der Waals surface area contributed by atoms with Crippen molar-refractivity contribution in [1.29, 1.82) is 0 Å². The first kappa shape index (κ1) is 12.8. The van der Waals surface area contributed by atoms with Gasteiger partial charge in [0.2, 0.25) is 0 Å². The molecule has 2 heteroatoms. The number of carbonyl (C=O) groups is 1. The van der Waals surface area contributed by atoms with Gasteiger partial charge in [-0.25, -0.2) is 0 Å². The second-order valence-electron chi connectivity index (χ2n) is 3.29. The van der Waals surface area contributed by atoms with Crippen LogP contribution in [0.15, 0.2) is 12.7 Å². The molecule has 0 aliphatic heterocycles. The van der Waals surface area contributed by atoms with Crippen LogP contribution in [-0.2, 0) is 9.53 Å². The second-order valence-corrected chi connectivity index (χ2v) is 3.29. The third-order valence-corrected chi connectivity index (χ3v) is 2.05. The van der Waals surface area contributed by atoms with E-state index >= 15 is 0 Å². The molecular weight excluding hydrogens is 176 g/mol. The fraction of sp³-hybridized carbons (Fsp3) is 0.583. The molecule has 1 atom stereocenters. The Labute approximate surface area is 86.3 Å². The lowest BCUT2D eigenvalue weighted by Crippen LogP contribution is -2.30. The first-order valence-electron chi connectivity index (χ1n) is 4.91. The lowest BCUT2D eigenvalue weighted by molar-refractivity contribution is -0.148. The van der Waals surface area contributed by atoms with Gasteiger partial charge in [0.05, 0.1) is 0 Å². The molecule has 0 aromatic heterocycles. The van der Waals surface area contributed by atoms with Gasteiger partial charge >= 0.3 is 5.97 Å². The Morgan fingerprint density at radius 2 is 2.29 bits per heavy atom. The zero-order valence-electron chi connectivity index (χ0n) is 9.01. The third kappa shape index (κ3) is 4.13. The number of ether oxygens (including phenoxy) is 1. The van der Waals surface area contributed by atoms with Gasteiger partial charge in [0.25, 0.3) is 0 Å². The fourth-order valence-corrected chi connectivity index (χ4v) is 1.25. The van der Waals surface area contributed by atoms with Crippen molar-refractivity contribution in [2.24, 2.45) is 0 Å². The molecule has 0 rings (SSSR count). The number of rotatable bonds is 6. The predicted molar refractivity (Wildman–Crippen MR) is 57.7 cm³/mol. The molecule has 1 unspecified atom stereocenters. The van der Waals surface area contributed by atoms with E-state index in [2.05, 4.69) is 19.4 Å². The topological polar surface area (TPSA) is 26.3 Å². The van der Waals surface area contributed by atoms with E-state index in [4.69, 9.17) is 11.2 Å². The van der Waals surface area contributed by atoms with Crippen molar-refractivity contribution in [1.82, 2.24) is 0 Å². The molecule has 0 N–H and O–H groups in total. The van der Waals surface area contributed by atoms with Crippen molar-refractivity contribution in [3.8, 4) is 12.3 Å². The molecule has 2 nitrogen and oxygen atoms in total. The summed E-state index contributed by atoms with van der Waals surface area (Å²) in [5, 5.41) is 0. The number of carbonyl (C=O) groups excluding carboxylic acids is 1. The van der Waals surface area contributed by atoms with Crippen LogP contribution < -0.4 is 0 Å². The number of hydrogen-bond acceptors (Lipinski definition) is 2. The maximum Gasteiger partial charge on any atom is 0.304 e. The molecule has 0 amide bonds. The van der Waals surface area contributed by atoms with Crippen LogP contribution in [0.2, 0.25) is 0 Å². The van der Waals surface area contributed by atoms with Crippen molar-refractivity contribution in [2.45, 2.75) is 45.1 Å². The Morgan fingerprint density at radius 3 is 2.64 bits per heavy atom. The van der Waals surface area contributed by atoms with Gasteiger partial charge in [-0.3, -0.25) is 4.79 Å². The van der Waals surface area contributed by atoms with Crippen molar-refractivity contribution in [3.63, 3.8) is 0 Å². The highest BCUT2D eigenvalue weighted by Crippen LogP contribution is 2.20. The fourth-order valence-electron chi connectivity index (χ4n) is 1.25. The first-order chi connectivity index (χ1) is 6.60. The molecule has 78 valence electrons. The summed E-state index contributed by atoms with van der Waals surface area (Å²) >= 11 is 0. The van der Waals surface area contributed by atoms with Gasteiger partial charge in [-0.2, -0.15) is 0 Å². The zero-order chi connectivity index (χ0) is 11.0. The number of esters is 1. The minimum atomic E-state index is -0.902. The molecule has 0 saturated carbocycles. The smallest absolute Gasteiger partial charge is 0.304 e. The average molecular weight is 194 g/mol. The number of hydrogen-bond donors (Lipinski definition) is 0. The van der Waals surface area contributed by atoms with Crippen LogP contribution in [0, 0.1) is 12.3 Å². The summed E-state index contributed by atoms with van der Waals surface area (Å²) in [6, 6.07) is 0. The maximum absolute atomic E-state index is 10.8. The molecule has 0 aliphatic rings. The highest BCUT2D eigenvalue weighted by molar-refractivity contribution is 5.67. The quantitative estimate of drug-likeness (QED) is 0.281. The third-order valence-electron chi connectivity index (χ3n) is 2.05. The highest BCUT2D eigenvalue weighted by atomic mass is 16.6. The Kier molecular flexibility index (Phi) is 5.71. The lowest BCUT2D eigenvalue weighted by Gasteiger charge is -2.23. The van der Waals surface area contributed by atoms with E-state index < -0.39 is 5.60 Å². The second kappa shape index (κ2) is 6.26. The summed E-state index contributed by atoms with van der Waals surface area (Å²) in [7, 11) is 0. The largest absolute Gasteiger partial charge is 0.442 e. The van der Waals surface area contributed by atoms with Crippen LogP contribution in [0.25, 0.3) is 0 Å². The Morgan fingerprint density at radius 1 is 1.64 bits per heavy atom. The standard InChI is InChI=1S/C12H18O2/c1-5-8-9-10-12(6-2,7-3)14-11(4)13/h2,7H,3,5,8-10H2,1,4H3.